The molecule has 0 heterocycles. The molecule has 0 radical (unpaired) electrons. The van der Waals surface area contributed by atoms with Gasteiger partial charge in [0.05, 0.1) is 17.0 Å². The number of hydrogen-bond acceptors (Lipinski definition) is 5. The number of carbonyl (C=O) groups is 3. The molecule has 190 valence electrons. The Morgan fingerprint density at radius 3 is 2.08 bits per heavy atom. The number of fused-ring (bicyclic) bond motifs is 2. The predicted molar refractivity (Wildman–Crippen MR) is 142 cm³/mol. The van der Waals surface area contributed by atoms with Crippen LogP contribution in [0.15, 0.2) is 36.4 Å². The number of amides is 2. The molecule has 4 N–H and O–H groups in total. The van der Waals surface area contributed by atoms with Gasteiger partial charge >= 0.3 is 5.97 Å². The Kier molecular flexibility index (Phi) is 6.00. The van der Waals surface area contributed by atoms with Crippen LogP contribution in [0, 0.1) is 0 Å². The van der Waals surface area contributed by atoms with Crippen molar-refractivity contribution in [1.29, 1.82) is 0 Å². The van der Waals surface area contributed by atoms with E-state index in [9.17, 15) is 24.7 Å². The maximum Gasteiger partial charge on any atom is 0.336 e. The standard InChI is InChI=1S/C29H28N2O6/c1-13(2)30-27(32)19-8-5-15-18-11-12-22(37-36)26-20(28(33)31-14(3)4)9-6-17(24(18)26)16-7-10-21(29(34)35)25(19)23(15)16/h5-7,9-14,19,36H,8H2,1-4H3,(H,30,32)(H,31,33)(H,34,35). The molecule has 0 saturated carbocycles. The quantitative estimate of drug-likeness (QED) is 0.135. The molecule has 0 fully saturated rings. The van der Waals surface area contributed by atoms with Gasteiger partial charge in [0, 0.05) is 22.9 Å². The van der Waals surface area contributed by atoms with E-state index in [1.54, 1.807) is 24.3 Å². The molecule has 37 heavy (non-hydrogen) atoms. The maximum atomic E-state index is 13.2. The first-order chi connectivity index (χ1) is 17.6. The van der Waals surface area contributed by atoms with E-state index in [0.717, 1.165) is 26.8 Å². The number of carboxylic acids is 1. The predicted octanol–water partition coefficient (Wildman–Crippen LogP) is 4.35. The van der Waals surface area contributed by atoms with Crippen LogP contribution < -0.4 is 20.7 Å². The molecule has 0 aliphatic heterocycles. The van der Waals surface area contributed by atoms with Crippen LogP contribution in [-0.2, 0) is 4.79 Å². The molecule has 4 aromatic rings. The molecular weight excluding hydrogens is 472 g/mol. The van der Waals surface area contributed by atoms with E-state index in [0.29, 0.717) is 28.3 Å². The third kappa shape index (κ3) is 3.84. The van der Waals surface area contributed by atoms with Crippen molar-refractivity contribution in [3.63, 3.8) is 0 Å². The highest BCUT2D eigenvalue weighted by atomic mass is 17.1. The lowest BCUT2D eigenvalue weighted by molar-refractivity contribution is -0.136. The van der Waals surface area contributed by atoms with Gasteiger partial charge in [0.25, 0.3) is 5.91 Å². The normalized spacial score (nSPS) is 14.8. The molecule has 8 nitrogen and oxygen atoms in total. The Hall–Kier alpha value is -4.17. The minimum absolute atomic E-state index is 0.0903. The minimum atomic E-state index is -1.10. The summed E-state index contributed by atoms with van der Waals surface area (Å²) in [6.07, 6.45) is 2.29. The fraction of sp³-hybridized carbons (Fsp3) is 0.276. The lowest BCUT2D eigenvalue weighted by Crippen LogP contribution is -2.36. The van der Waals surface area contributed by atoms with Crippen LogP contribution in [0.5, 0.6) is 5.75 Å². The summed E-state index contributed by atoms with van der Waals surface area (Å²) < 4.78 is 0. The fourth-order valence-electron chi connectivity index (χ4n) is 5.52. The van der Waals surface area contributed by atoms with Crippen molar-refractivity contribution < 1.29 is 29.6 Å². The zero-order valence-electron chi connectivity index (χ0n) is 21.0. The van der Waals surface area contributed by atoms with Crippen molar-refractivity contribution in [2.75, 3.05) is 0 Å². The molecule has 1 atom stereocenters. The molecule has 0 bridgehead atoms. The molecule has 4 aromatic carbocycles. The van der Waals surface area contributed by atoms with Crippen molar-refractivity contribution >= 4 is 56.2 Å². The van der Waals surface area contributed by atoms with Gasteiger partial charge < -0.3 is 20.6 Å². The van der Waals surface area contributed by atoms with Gasteiger partial charge in [-0.1, -0.05) is 18.2 Å². The lowest BCUT2D eigenvalue weighted by atomic mass is 9.79. The second kappa shape index (κ2) is 9.05. The summed E-state index contributed by atoms with van der Waals surface area (Å²) in [6, 6.07) is 10.00. The minimum Gasteiger partial charge on any atom is -0.478 e. The second-order valence-electron chi connectivity index (χ2n) is 10.1. The van der Waals surface area contributed by atoms with Crippen molar-refractivity contribution in [3.05, 3.63) is 58.3 Å². The Balaban J connectivity index is 1.93. The fourth-order valence-corrected chi connectivity index (χ4v) is 5.52. The largest absolute Gasteiger partial charge is 0.478 e. The summed E-state index contributed by atoms with van der Waals surface area (Å²) in [6.45, 7) is 7.46. The van der Waals surface area contributed by atoms with Crippen LogP contribution in [0.1, 0.15) is 66.3 Å². The summed E-state index contributed by atoms with van der Waals surface area (Å²) in [5.74, 6) is -2.12. The lowest BCUT2D eigenvalue weighted by Gasteiger charge is -2.26. The van der Waals surface area contributed by atoms with Crippen LogP contribution in [0.3, 0.4) is 0 Å². The molecular formula is C29H28N2O6. The van der Waals surface area contributed by atoms with E-state index in [2.05, 4.69) is 10.6 Å². The number of benzene rings is 4. The number of nitrogens with one attached hydrogen (secondary N) is 2. The van der Waals surface area contributed by atoms with E-state index < -0.39 is 11.9 Å². The Labute approximate surface area is 212 Å². The van der Waals surface area contributed by atoms with Crippen LogP contribution in [-0.4, -0.2) is 40.2 Å². The highest BCUT2D eigenvalue weighted by molar-refractivity contribution is 6.28. The number of carbonyl (C=O) groups excluding carboxylic acids is 2. The van der Waals surface area contributed by atoms with Crippen molar-refractivity contribution in [3.8, 4) is 5.75 Å². The Morgan fingerprint density at radius 2 is 1.46 bits per heavy atom. The van der Waals surface area contributed by atoms with Crippen molar-refractivity contribution in [2.45, 2.75) is 52.1 Å². The highest BCUT2D eigenvalue weighted by Crippen LogP contribution is 2.42. The summed E-state index contributed by atoms with van der Waals surface area (Å²) in [5, 5.41) is 30.5. The Bertz CT molecular complexity index is 1670. The number of rotatable bonds is 6. The van der Waals surface area contributed by atoms with Gasteiger partial charge in [0.1, 0.15) is 0 Å². The number of carboxylic acid groups (broad SMARTS) is 1. The first-order valence-corrected chi connectivity index (χ1v) is 12.3. The molecule has 0 aromatic heterocycles. The molecule has 0 spiro atoms. The topological polar surface area (TPSA) is 125 Å². The van der Waals surface area contributed by atoms with E-state index in [4.69, 9.17) is 4.89 Å². The van der Waals surface area contributed by atoms with Crippen LogP contribution in [0.4, 0.5) is 0 Å². The maximum absolute atomic E-state index is 13.2. The molecule has 1 aliphatic rings. The summed E-state index contributed by atoms with van der Waals surface area (Å²) in [4.78, 5) is 43.2. The van der Waals surface area contributed by atoms with Gasteiger partial charge in [0.15, 0.2) is 5.75 Å². The molecule has 2 amide bonds. The van der Waals surface area contributed by atoms with Gasteiger partial charge in [-0.2, -0.15) is 0 Å². The van der Waals surface area contributed by atoms with Gasteiger partial charge in [-0.3, -0.25) is 9.59 Å². The summed E-state index contributed by atoms with van der Waals surface area (Å²) in [5.41, 5.74) is 0.939. The third-order valence-corrected chi connectivity index (χ3v) is 6.86. The van der Waals surface area contributed by atoms with Gasteiger partial charge in [-0.05, 0) is 90.7 Å². The van der Waals surface area contributed by atoms with Crippen LogP contribution in [0.25, 0.3) is 38.4 Å². The van der Waals surface area contributed by atoms with Crippen molar-refractivity contribution in [2.24, 2.45) is 0 Å². The monoisotopic (exact) mass is 500 g/mol. The first-order valence-electron chi connectivity index (χ1n) is 12.3. The average Bonchev–Trinajstić information content (AvgIpc) is 2.85. The van der Waals surface area contributed by atoms with Gasteiger partial charge in [-0.15, -0.1) is 0 Å². The summed E-state index contributed by atoms with van der Waals surface area (Å²) in [7, 11) is 0. The van der Waals surface area contributed by atoms with E-state index in [-0.39, 0.29) is 35.2 Å². The van der Waals surface area contributed by atoms with Crippen LogP contribution >= 0.6 is 0 Å². The van der Waals surface area contributed by atoms with E-state index in [1.165, 1.54) is 6.07 Å². The second-order valence-corrected chi connectivity index (χ2v) is 10.1. The molecule has 5 rings (SSSR count). The molecule has 8 heteroatoms. The highest BCUT2D eigenvalue weighted by Gasteiger charge is 2.31. The molecule has 1 unspecified atom stereocenters. The summed E-state index contributed by atoms with van der Waals surface area (Å²) >= 11 is 0. The zero-order valence-corrected chi connectivity index (χ0v) is 21.0. The van der Waals surface area contributed by atoms with Crippen LogP contribution in [0.2, 0.25) is 0 Å². The molecule has 1 aliphatic carbocycles. The molecule has 0 saturated heterocycles. The Morgan fingerprint density at radius 1 is 0.838 bits per heavy atom. The van der Waals surface area contributed by atoms with Gasteiger partial charge in [0.2, 0.25) is 5.91 Å². The average molecular weight is 501 g/mol. The van der Waals surface area contributed by atoms with E-state index in [1.807, 2.05) is 39.8 Å². The smallest absolute Gasteiger partial charge is 0.336 e. The number of aromatic carboxylic acids is 1. The SMILES string of the molecule is CC(C)NC(=O)c1ccc2c3ccc(C(=O)O)c4c3c(c3ccc(OO)c1c32)=CCC4C(=O)NC(C)C. The first kappa shape index (κ1) is 24.5. The van der Waals surface area contributed by atoms with Gasteiger partial charge in [-0.25, -0.2) is 10.1 Å². The van der Waals surface area contributed by atoms with E-state index >= 15 is 0 Å². The number of hydrogen-bond donors (Lipinski definition) is 4. The zero-order chi connectivity index (χ0) is 26.6. The third-order valence-electron chi connectivity index (χ3n) is 6.86. The van der Waals surface area contributed by atoms with Crippen molar-refractivity contribution in [1.82, 2.24) is 10.6 Å².